The topological polar surface area (TPSA) is 66.0 Å². The Kier molecular flexibility index (Phi) is 3.90. The first-order chi connectivity index (χ1) is 10.2. The summed E-state index contributed by atoms with van der Waals surface area (Å²) in [6.45, 7) is 0.563. The largest absolute Gasteiger partial charge is 0.378 e. The maximum atomic E-state index is 9.17. The molecule has 0 amide bonds. The van der Waals surface area contributed by atoms with Gasteiger partial charge in [-0.1, -0.05) is 15.9 Å². The van der Waals surface area contributed by atoms with Gasteiger partial charge in [-0.3, -0.25) is 4.40 Å². The fourth-order valence-electron chi connectivity index (χ4n) is 2.00. The van der Waals surface area contributed by atoms with Crippen LogP contribution in [0.4, 0.5) is 5.69 Å². The standard InChI is InChI=1S/C14H9Br2N5/c15-10-1-2-12(9(3-10)4-17)18-5-11-6-20-14-7-19-13(16)8-21(11)14/h1-3,6-8,18H,5H2. The van der Waals surface area contributed by atoms with E-state index < -0.39 is 0 Å². The van der Waals surface area contributed by atoms with Crippen molar-refractivity contribution in [3.05, 3.63) is 57.1 Å². The molecule has 1 aromatic carbocycles. The molecule has 0 aliphatic rings. The van der Waals surface area contributed by atoms with Crippen LogP contribution < -0.4 is 5.32 Å². The maximum absolute atomic E-state index is 9.17. The summed E-state index contributed by atoms with van der Waals surface area (Å²) in [6.07, 6.45) is 5.36. The highest BCUT2D eigenvalue weighted by atomic mass is 79.9. The van der Waals surface area contributed by atoms with Gasteiger partial charge in [0.05, 0.1) is 35.9 Å². The molecule has 2 aromatic heterocycles. The molecule has 7 heteroatoms. The minimum absolute atomic E-state index is 0.563. The van der Waals surface area contributed by atoms with Gasteiger partial charge < -0.3 is 5.32 Å². The number of anilines is 1. The van der Waals surface area contributed by atoms with Crippen molar-refractivity contribution in [1.82, 2.24) is 14.4 Å². The fraction of sp³-hybridized carbons (Fsp3) is 0.0714. The predicted octanol–water partition coefficient (Wildman–Crippen LogP) is 3.74. The molecule has 3 aromatic rings. The molecular formula is C14H9Br2N5. The lowest BCUT2D eigenvalue weighted by molar-refractivity contribution is 0.982. The van der Waals surface area contributed by atoms with E-state index >= 15 is 0 Å². The van der Waals surface area contributed by atoms with E-state index in [1.165, 1.54) is 0 Å². The highest BCUT2D eigenvalue weighted by Gasteiger charge is 2.06. The van der Waals surface area contributed by atoms with Crippen molar-refractivity contribution in [2.45, 2.75) is 6.54 Å². The minimum Gasteiger partial charge on any atom is -0.378 e. The van der Waals surface area contributed by atoms with Crippen LogP contribution in [0.1, 0.15) is 11.3 Å². The summed E-state index contributed by atoms with van der Waals surface area (Å²) in [5.74, 6) is 0. The molecule has 0 spiro atoms. The van der Waals surface area contributed by atoms with E-state index in [4.69, 9.17) is 5.26 Å². The molecule has 5 nitrogen and oxygen atoms in total. The van der Waals surface area contributed by atoms with Gasteiger partial charge in [-0.25, -0.2) is 9.97 Å². The van der Waals surface area contributed by atoms with Gasteiger partial charge in [0.1, 0.15) is 10.7 Å². The number of rotatable bonds is 3. The first kappa shape index (κ1) is 14.0. The number of hydrogen-bond acceptors (Lipinski definition) is 4. The lowest BCUT2D eigenvalue weighted by Crippen LogP contribution is -2.04. The quantitative estimate of drug-likeness (QED) is 0.719. The Balaban J connectivity index is 1.87. The van der Waals surface area contributed by atoms with Crippen molar-refractivity contribution in [3.8, 4) is 6.07 Å². The normalized spacial score (nSPS) is 10.5. The first-order valence-electron chi connectivity index (χ1n) is 6.08. The fourth-order valence-corrected chi connectivity index (χ4v) is 2.66. The molecule has 3 rings (SSSR count). The molecule has 0 aliphatic carbocycles. The van der Waals surface area contributed by atoms with Gasteiger partial charge in [0, 0.05) is 10.7 Å². The highest BCUT2D eigenvalue weighted by Crippen LogP contribution is 2.21. The van der Waals surface area contributed by atoms with E-state index in [1.807, 2.05) is 22.7 Å². The SMILES string of the molecule is N#Cc1cc(Br)ccc1NCc1cnc2cnc(Br)cn12. The molecule has 0 saturated carbocycles. The molecule has 1 N–H and O–H groups in total. The molecular weight excluding hydrogens is 398 g/mol. The first-order valence-corrected chi connectivity index (χ1v) is 7.67. The third kappa shape index (κ3) is 2.91. The monoisotopic (exact) mass is 405 g/mol. The van der Waals surface area contributed by atoms with Gasteiger partial charge in [0.2, 0.25) is 0 Å². The second kappa shape index (κ2) is 5.84. The molecule has 2 heterocycles. The van der Waals surface area contributed by atoms with E-state index in [1.54, 1.807) is 18.5 Å². The second-order valence-corrected chi connectivity index (χ2v) is 6.07. The van der Waals surface area contributed by atoms with Gasteiger partial charge in [-0.15, -0.1) is 0 Å². The summed E-state index contributed by atoms with van der Waals surface area (Å²) in [4.78, 5) is 8.44. The zero-order valence-electron chi connectivity index (χ0n) is 10.7. The van der Waals surface area contributed by atoms with Crippen molar-refractivity contribution in [2.75, 3.05) is 5.32 Å². The van der Waals surface area contributed by atoms with Crippen LogP contribution in [0.3, 0.4) is 0 Å². The summed E-state index contributed by atoms with van der Waals surface area (Å²) < 4.78 is 3.58. The van der Waals surface area contributed by atoms with E-state index in [-0.39, 0.29) is 0 Å². The van der Waals surface area contributed by atoms with Crippen LogP contribution >= 0.6 is 31.9 Å². The van der Waals surface area contributed by atoms with Crippen LogP contribution in [0, 0.1) is 11.3 Å². The van der Waals surface area contributed by atoms with Crippen LogP contribution in [-0.4, -0.2) is 14.4 Å². The number of benzene rings is 1. The summed E-state index contributed by atoms with van der Waals surface area (Å²) in [5, 5.41) is 12.4. The number of halogens is 2. The van der Waals surface area contributed by atoms with Crippen molar-refractivity contribution in [1.29, 1.82) is 5.26 Å². The molecule has 0 saturated heterocycles. The number of hydrogen-bond donors (Lipinski definition) is 1. The second-order valence-electron chi connectivity index (χ2n) is 4.34. The number of nitrogens with zero attached hydrogens (tertiary/aromatic N) is 4. The van der Waals surface area contributed by atoms with Crippen LogP contribution in [0.15, 0.2) is 45.9 Å². The lowest BCUT2D eigenvalue weighted by atomic mass is 10.2. The van der Waals surface area contributed by atoms with Gasteiger partial charge >= 0.3 is 0 Å². The number of aromatic nitrogens is 3. The maximum Gasteiger partial charge on any atom is 0.155 e. The minimum atomic E-state index is 0.563. The van der Waals surface area contributed by atoms with Crippen LogP contribution in [0.25, 0.3) is 5.65 Å². The van der Waals surface area contributed by atoms with E-state index in [2.05, 4.69) is 53.2 Å². The average molecular weight is 407 g/mol. The Morgan fingerprint density at radius 1 is 1.24 bits per heavy atom. The Hall–Kier alpha value is -1.91. The molecule has 0 bridgehead atoms. The third-order valence-electron chi connectivity index (χ3n) is 3.00. The third-order valence-corrected chi connectivity index (χ3v) is 3.91. The van der Waals surface area contributed by atoms with E-state index in [9.17, 15) is 0 Å². The molecule has 0 aliphatic heterocycles. The Labute approximate surface area is 137 Å². The van der Waals surface area contributed by atoms with Gasteiger partial charge in [0.15, 0.2) is 5.65 Å². The Morgan fingerprint density at radius 3 is 2.90 bits per heavy atom. The highest BCUT2D eigenvalue weighted by molar-refractivity contribution is 9.10. The summed E-state index contributed by atoms with van der Waals surface area (Å²) in [5.41, 5.74) is 3.16. The van der Waals surface area contributed by atoms with Crippen LogP contribution in [-0.2, 0) is 6.54 Å². The number of fused-ring (bicyclic) bond motifs is 1. The zero-order chi connectivity index (χ0) is 14.8. The summed E-state index contributed by atoms with van der Waals surface area (Å²) >= 11 is 6.71. The van der Waals surface area contributed by atoms with E-state index in [0.29, 0.717) is 12.1 Å². The van der Waals surface area contributed by atoms with Gasteiger partial charge in [-0.05, 0) is 34.1 Å². The van der Waals surface area contributed by atoms with Crippen LogP contribution in [0.2, 0.25) is 0 Å². The van der Waals surface area contributed by atoms with E-state index in [0.717, 1.165) is 26.1 Å². The molecule has 21 heavy (non-hydrogen) atoms. The van der Waals surface area contributed by atoms with Crippen LogP contribution in [0.5, 0.6) is 0 Å². The number of nitrogens with one attached hydrogen (secondary N) is 1. The summed E-state index contributed by atoms with van der Waals surface area (Å²) in [7, 11) is 0. The summed E-state index contributed by atoms with van der Waals surface area (Å²) in [6, 6.07) is 7.75. The lowest BCUT2D eigenvalue weighted by Gasteiger charge is -2.08. The number of imidazole rings is 1. The Morgan fingerprint density at radius 2 is 2.10 bits per heavy atom. The molecule has 0 atom stereocenters. The van der Waals surface area contributed by atoms with Crippen molar-refractivity contribution >= 4 is 43.2 Å². The van der Waals surface area contributed by atoms with Crippen molar-refractivity contribution < 1.29 is 0 Å². The number of nitriles is 1. The van der Waals surface area contributed by atoms with Crippen molar-refractivity contribution in [2.24, 2.45) is 0 Å². The van der Waals surface area contributed by atoms with Crippen molar-refractivity contribution in [3.63, 3.8) is 0 Å². The van der Waals surface area contributed by atoms with Gasteiger partial charge in [0.25, 0.3) is 0 Å². The zero-order valence-corrected chi connectivity index (χ0v) is 13.9. The molecule has 104 valence electrons. The Bertz CT molecular complexity index is 850. The predicted molar refractivity (Wildman–Crippen MR) is 86.9 cm³/mol. The van der Waals surface area contributed by atoms with Gasteiger partial charge in [-0.2, -0.15) is 5.26 Å². The molecule has 0 radical (unpaired) electrons. The smallest absolute Gasteiger partial charge is 0.155 e. The molecule has 0 fully saturated rings. The average Bonchev–Trinajstić information content (AvgIpc) is 2.88. The molecule has 0 unspecified atom stereocenters.